The van der Waals surface area contributed by atoms with Crippen LogP contribution in [0.1, 0.15) is 42.1 Å². The number of carboxylic acids is 1. The van der Waals surface area contributed by atoms with Crippen LogP contribution in [0.5, 0.6) is 5.75 Å². The first-order valence-electron chi connectivity index (χ1n) is 12.0. The number of amides is 1. The van der Waals surface area contributed by atoms with E-state index in [0.717, 1.165) is 54.5 Å². The average molecular weight is 492 g/mol. The van der Waals surface area contributed by atoms with E-state index >= 15 is 0 Å². The number of carbonyl (C=O) groups is 2. The second-order valence-corrected chi connectivity index (χ2v) is 10.3. The number of rotatable bonds is 7. The summed E-state index contributed by atoms with van der Waals surface area (Å²) in [6, 6.07) is 13.0. The Bertz CT molecular complexity index is 1200. The van der Waals surface area contributed by atoms with Gasteiger partial charge in [-0.05, 0) is 80.2 Å². The van der Waals surface area contributed by atoms with Gasteiger partial charge < -0.3 is 14.7 Å². The number of anilines is 1. The Hall–Kier alpha value is -3.23. The fraction of sp³-hybridized carbons (Fsp3) is 0.370. The van der Waals surface area contributed by atoms with Crippen LogP contribution in [0.3, 0.4) is 0 Å². The number of ether oxygens (including phenoxy) is 1. The molecule has 3 aromatic rings. The summed E-state index contributed by atoms with van der Waals surface area (Å²) < 4.78 is 5.93. The van der Waals surface area contributed by atoms with E-state index in [4.69, 9.17) is 9.84 Å². The molecule has 2 fully saturated rings. The Morgan fingerprint density at radius 2 is 1.94 bits per heavy atom. The van der Waals surface area contributed by atoms with Crippen LogP contribution in [-0.2, 0) is 11.3 Å². The Morgan fingerprint density at radius 1 is 1.17 bits per heavy atom. The van der Waals surface area contributed by atoms with Crippen molar-refractivity contribution in [2.75, 3.05) is 31.1 Å². The highest BCUT2D eigenvalue weighted by atomic mass is 32.1. The molecule has 2 saturated heterocycles. The minimum absolute atomic E-state index is 0.00969. The number of carboxylic acid groups (broad SMARTS) is 1. The first-order chi connectivity index (χ1) is 17.0. The summed E-state index contributed by atoms with van der Waals surface area (Å²) in [5.41, 5.74) is 3.25. The fourth-order valence-corrected chi connectivity index (χ4v) is 5.83. The van der Waals surface area contributed by atoms with E-state index in [1.54, 1.807) is 35.6 Å². The molecule has 1 spiro atoms. The quantitative estimate of drug-likeness (QED) is 0.505. The van der Waals surface area contributed by atoms with E-state index in [-0.39, 0.29) is 16.9 Å². The van der Waals surface area contributed by atoms with Crippen molar-refractivity contribution < 1.29 is 19.4 Å². The monoisotopic (exact) mass is 491 g/mol. The number of benzene rings is 2. The predicted octanol–water partition coefficient (Wildman–Crippen LogP) is 4.93. The molecule has 7 nitrogen and oxygen atoms in total. The Balaban J connectivity index is 1.22. The van der Waals surface area contributed by atoms with Gasteiger partial charge in [-0.2, -0.15) is 0 Å². The van der Waals surface area contributed by atoms with E-state index in [9.17, 15) is 9.59 Å². The van der Waals surface area contributed by atoms with Crippen LogP contribution in [0.15, 0.2) is 54.0 Å². The molecule has 0 unspecified atom stereocenters. The molecule has 1 aromatic heterocycles. The van der Waals surface area contributed by atoms with E-state index in [0.29, 0.717) is 19.6 Å². The molecule has 35 heavy (non-hydrogen) atoms. The van der Waals surface area contributed by atoms with Crippen molar-refractivity contribution in [2.45, 2.75) is 32.7 Å². The van der Waals surface area contributed by atoms with Crippen molar-refractivity contribution in [3.63, 3.8) is 0 Å². The fourth-order valence-electron chi connectivity index (χ4n) is 5.17. The second kappa shape index (κ2) is 9.79. The summed E-state index contributed by atoms with van der Waals surface area (Å²) in [4.78, 5) is 32.7. The molecule has 5 rings (SSSR count). The molecule has 2 aliphatic heterocycles. The second-order valence-electron chi connectivity index (χ2n) is 9.39. The molecule has 0 saturated carbocycles. The van der Waals surface area contributed by atoms with Gasteiger partial charge in [0.05, 0.1) is 17.7 Å². The van der Waals surface area contributed by atoms with Crippen LogP contribution < -0.4 is 9.64 Å². The van der Waals surface area contributed by atoms with Crippen molar-refractivity contribution in [3.8, 4) is 16.3 Å². The number of carbonyl (C=O) groups excluding carboxylic acids is 1. The summed E-state index contributed by atoms with van der Waals surface area (Å²) in [6.07, 6.45) is 4.31. The van der Waals surface area contributed by atoms with Gasteiger partial charge in [-0.3, -0.25) is 9.69 Å². The van der Waals surface area contributed by atoms with Crippen LogP contribution in [0, 0.1) is 5.41 Å². The van der Waals surface area contributed by atoms with Gasteiger partial charge in [-0.25, -0.2) is 9.78 Å². The molecule has 8 heteroatoms. The van der Waals surface area contributed by atoms with Crippen molar-refractivity contribution in [1.82, 2.24) is 9.88 Å². The van der Waals surface area contributed by atoms with Gasteiger partial charge in [-0.1, -0.05) is 6.07 Å². The number of hydrogen-bond acceptors (Lipinski definition) is 6. The lowest BCUT2D eigenvalue weighted by atomic mass is 9.77. The van der Waals surface area contributed by atoms with Gasteiger partial charge in [-0.15, -0.1) is 11.3 Å². The molecule has 0 bridgehead atoms. The third-order valence-corrected chi connectivity index (χ3v) is 7.88. The molecule has 2 aromatic carbocycles. The molecule has 1 amide bonds. The number of likely N-dealkylation sites (tertiary alicyclic amines) is 1. The highest BCUT2D eigenvalue weighted by molar-refractivity contribution is 7.13. The minimum Gasteiger partial charge on any atom is -0.493 e. The number of aromatic carboxylic acids is 1. The van der Waals surface area contributed by atoms with Gasteiger partial charge in [0, 0.05) is 36.8 Å². The molecule has 0 aliphatic carbocycles. The summed E-state index contributed by atoms with van der Waals surface area (Å²) in [5.74, 6) is 0.0411. The van der Waals surface area contributed by atoms with Crippen LogP contribution in [0.4, 0.5) is 5.69 Å². The highest BCUT2D eigenvalue weighted by Crippen LogP contribution is 2.43. The largest absolute Gasteiger partial charge is 0.493 e. The van der Waals surface area contributed by atoms with Gasteiger partial charge in [0.2, 0.25) is 5.91 Å². The van der Waals surface area contributed by atoms with E-state index in [2.05, 4.69) is 28.1 Å². The molecule has 0 radical (unpaired) electrons. The van der Waals surface area contributed by atoms with Crippen molar-refractivity contribution in [3.05, 3.63) is 65.2 Å². The topological polar surface area (TPSA) is 83.0 Å². The smallest absolute Gasteiger partial charge is 0.335 e. The van der Waals surface area contributed by atoms with E-state index in [1.807, 2.05) is 23.4 Å². The third-order valence-electron chi connectivity index (χ3n) is 7.08. The molecular formula is C27H29N3O4S. The van der Waals surface area contributed by atoms with Crippen molar-refractivity contribution >= 4 is 28.9 Å². The molecule has 3 heterocycles. The first kappa shape index (κ1) is 23.5. The lowest BCUT2D eigenvalue weighted by Gasteiger charge is -2.39. The van der Waals surface area contributed by atoms with Crippen LogP contribution in [-0.4, -0.2) is 53.1 Å². The molecule has 1 N–H and O–H groups in total. The maximum absolute atomic E-state index is 12.8. The first-order valence-corrected chi connectivity index (χ1v) is 12.9. The Kier molecular flexibility index (Phi) is 6.58. The zero-order chi connectivity index (χ0) is 24.4. The van der Waals surface area contributed by atoms with E-state index < -0.39 is 5.97 Å². The Morgan fingerprint density at radius 3 is 2.60 bits per heavy atom. The van der Waals surface area contributed by atoms with Crippen molar-refractivity contribution in [1.29, 1.82) is 0 Å². The van der Waals surface area contributed by atoms with Gasteiger partial charge in [0.25, 0.3) is 0 Å². The SMILES string of the molecule is CCOc1cc(CN2CCC3(CC2)CC(=O)N(c2ccc(C(=O)O)cc2)C3)ccc1-c1nccs1. The number of piperidine rings is 1. The lowest BCUT2D eigenvalue weighted by molar-refractivity contribution is -0.118. The van der Waals surface area contributed by atoms with Gasteiger partial charge in [0.1, 0.15) is 10.8 Å². The number of aromatic nitrogens is 1. The molecule has 0 atom stereocenters. The van der Waals surface area contributed by atoms with E-state index in [1.165, 1.54) is 5.56 Å². The lowest BCUT2D eigenvalue weighted by Crippen LogP contribution is -2.41. The molecular weight excluding hydrogens is 462 g/mol. The van der Waals surface area contributed by atoms with Crippen LogP contribution >= 0.6 is 11.3 Å². The Labute approximate surface area is 209 Å². The summed E-state index contributed by atoms with van der Waals surface area (Å²) in [5, 5.41) is 12.1. The van der Waals surface area contributed by atoms with Crippen LogP contribution in [0.2, 0.25) is 0 Å². The van der Waals surface area contributed by atoms with Gasteiger partial charge >= 0.3 is 5.97 Å². The van der Waals surface area contributed by atoms with Crippen molar-refractivity contribution in [2.24, 2.45) is 5.41 Å². The summed E-state index contributed by atoms with van der Waals surface area (Å²) >= 11 is 1.61. The molecule has 2 aliphatic rings. The standard InChI is InChI=1S/C27H29N3O4S/c1-2-34-23-15-19(3-8-22(23)25-28-11-14-35-25)17-29-12-9-27(10-13-29)16-24(31)30(18-27)21-6-4-20(5-7-21)26(32)33/h3-8,11,14-15H,2,9-10,12-13,16-18H2,1H3,(H,32,33). The number of hydrogen-bond donors (Lipinski definition) is 1. The third kappa shape index (κ3) is 4.94. The number of thiazole rings is 1. The zero-order valence-corrected chi connectivity index (χ0v) is 20.6. The minimum atomic E-state index is -0.959. The van der Waals surface area contributed by atoms with Crippen LogP contribution in [0.25, 0.3) is 10.6 Å². The normalized spacial score (nSPS) is 17.7. The maximum atomic E-state index is 12.8. The average Bonchev–Trinajstić information content (AvgIpc) is 3.50. The predicted molar refractivity (Wildman–Crippen MR) is 136 cm³/mol. The number of nitrogens with zero attached hydrogens (tertiary/aromatic N) is 3. The maximum Gasteiger partial charge on any atom is 0.335 e. The highest BCUT2D eigenvalue weighted by Gasteiger charge is 2.45. The van der Waals surface area contributed by atoms with Gasteiger partial charge in [0.15, 0.2) is 0 Å². The summed E-state index contributed by atoms with van der Waals surface area (Å²) in [7, 11) is 0. The molecule has 182 valence electrons. The summed E-state index contributed by atoms with van der Waals surface area (Å²) in [6.45, 7) is 6.03. The zero-order valence-electron chi connectivity index (χ0n) is 19.8.